The summed E-state index contributed by atoms with van der Waals surface area (Å²) < 4.78 is 5.93. The van der Waals surface area contributed by atoms with Crippen LogP contribution in [0.15, 0.2) is 34.9 Å². The van der Waals surface area contributed by atoms with Gasteiger partial charge in [0.25, 0.3) is 0 Å². The van der Waals surface area contributed by atoms with Crippen LogP contribution in [0.2, 0.25) is 0 Å². The van der Waals surface area contributed by atoms with Crippen molar-refractivity contribution in [2.24, 2.45) is 5.92 Å². The van der Waals surface area contributed by atoms with Crippen molar-refractivity contribution in [1.29, 1.82) is 0 Å². The summed E-state index contributed by atoms with van der Waals surface area (Å²) >= 11 is 0. The van der Waals surface area contributed by atoms with Gasteiger partial charge in [-0.3, -0.25) is 4.98 Å². The Balaban J connectivity index is 1.74. The quantitative estimate of drug-likeness (QED) is 0.832. The van der Waals surface area contributed by atoms with Crippen molar-refractivity contribution in [3.8, 4) is 0 Å². The highest BCUT2D eigenvalue weighted by atomic mass is 16.3. The summed E-state index contributed by atoms with van der Waals surface area (Å²) in [5, 5.41) is 3.63. The van der Waals surface area contributed by atoms with E-state index in [4.69, 9.17) is 4.42 Å². The maximum Gasteiger partial charge on any atom is 0.153 e. The second kappa shape index (κ2) is 3.95. The molecule has 0 aromatic carbocycles. The van der Waals surface area contributed by atoms with Gasteiger partial charge in [-0.15, -0.1) is 0 Å². The molecule has 2 aliphatic rings. The summed E-state index contributed by atoms with van der Waals surface area (Å²) in [6.07, 6.45) is 7.95. The highest BCUT2D eigenvalue weighted by molar-refractivity contribution is 5.80. The highest BCUT2D eigenvalue weighted by Gasteiger charge is 2.33. The maximum atomic E-state index is 5.93. The Morgan fingerprint density at radius 3 is 3.33 bits per heavy atom. The molecule has 3 nitrogen and oxygen atoms in total. The molecule has 1 N–H and O–H groups in total. The predicted octanol–water partition coefficient (Wildman–Crippen LogP) is 2.98. The number of rotatable bonds is 1. The first-order valence-electron chi connectivity index (χ1n) is 6.70. The third-order valence-corrected chi connectivity index (χ3v) is 4.13. The molecule has 3 heterocycles. The molecule has 4 rings (SSSR count). The predicted molar refractivity (Wildman–Crippen MR) is 71.1 cm³/mol. The lowest BCUT2D eigenvalue weighted by atomic mass is 9.90. The van der Waals surface area contributed by atoms with E-state index in [0.717, 1.165) is 29.3 Å². The van der Waals surface area contributed by atoms with E-state index < -0.39 is 0 Å². The van der Waals surface area contributed by atoms with E-state index >= 15 is 0 Å². The molecule has 2 aromatic rings. The van der Waals surface area contributed by atoms with Crippen LogP contribution in [0.25, 0.3) is 16.7 Å². The van der Waals surface area contributed by atoms with Gasteiger partial charge in [-0.05, 0) is 43.9 Å². The van der Waals surface area contributed by atoms with Crippen molar-refractivity contribution in [3.63, 3.8) is 0 Å². The molecule has 0 bridgehead atoms. The second-order valence-electron chi connectivity index (χ2n) is 5.23. The van der Waals surface area contributed by atoms with E-state index in [0.29, 0.717) is 6.04 Å². The number of allylic oxidation sites excluding steroid dienone is 1. The Labute approximate surface area is 106 Å². The average Bonchev–Trinajstić information content (AvgIpc) is 3.02. The Kier molecular flexibility index (Phi) is 2.27. The molecule has 0 amide bonds. The molecule has 1 saturated heterocycles. The molecule has 1 aliphatic carbocycles. The van der Waals surface area contributed by atoms with E-state index in [2.05, 4.69) is 22.4 Å². The fourth-order valence-electron chi connectivity index (χ4n) is 3.24. The number of piperidine rings is 1. The molecule has 0 radical (unpaired) electrons. The molecule has 0 unspecified atom stereocenters. The third-order valence-electron chi connectivity index (χ3n) is 4.13. The van der Waals surface area contributed by atoms with Crippen molar-refractivity contribution in [1.82, 2.24) is 10.3 Å². The second-order valence-corrected chi connectivity index (χ2v) is 5.23. The Hall–Kier alpha value is -1.61. The lowest BCUT2D eigenvalue weighted by Crippen LogP contribution is -2.39. The summed E-state index contributed by atoms with van der Waals surface area (Å²) in [5.74, 6) is 1.75. The van der Waals surface area contributed by atoms with Crippen LogP contribution in [0.4, 0.5) is 0 Å². The Morgan fingerprint density at radius 1 is 1.39 bits per heavy atom. The van der Waals surface area contributed by atoms with Gasteiger partial charge in [0.2, 0.25) is 0 Å². The smallest absolute Gasteiger partial charge is 0.153 e. The van der Waals surface area contributed by atoms with E-state index in [9.17, 15) is 0 Å². The number of nitrogens with one attached hydrogen (secondary N) is 1. The minimum absolute atomic E-state index is 0.485. The Morgan fingerprint density at radius 2 is 2.39 bits per heavy atom. The molecule has 2 atom stereocenters. The van der Waals surface area contributed by atoms with Gasteiger partial charge in [0.1, 0.15) is 11.3 Å². The van der Waals surface area contributed by atoms with Gasteiger partial charge in [-0.25, -0.2) is 0 Å². The zero-order valence-electron chi connectivity index (χ0n) is 10.2. The molecule has 92 valence electrons. The van der Waals surface area contributed by atoms with Crippen molar-refractivity contribution >= 4 is 16.7 Å². The SMILES string of the molecule is C1=C(c2cc3ncccc3o2)[C@@H]2NCCC[C@@H]2C1. The standard InChI is InChI=1S/C15H16N2O/c1-3-10-5-6-11(15(10)17-8-1)14-9-12-13(18-14)4-2-7-16-12/h2,4,6-7,9-10,15,17H,1,3,5,8H2/t10-,15-/m1/s1. The number of hydrogen-bond acceptors (Lipinski definition) is 3. The minimum Gasteiger partial charge on any atom is -0.455 e. The lowest BCUT2D eigenvalue weighted by molar-refractivity contribution is 0.343. The summed E-state index contributed by atoms with van der Waals surface area (Å²) in [5.41, 5.74) is 3.16. The van der Waals surface area contributed by atoms with Crippen molar-refractivity contribution in [2.75, 3.05) is 6.54 Å². The van der Waals surface area contributed by atoms with Crippen LogP contribution >= 0.6 is 0 Å². The van der Waals surface area contributed by atoms with Crippen LogP contribution in [-0.4, -0.2) is 17.6 Å². The number of fused-ring (bicyclic) bond motifs is 2. The highest BCUT2D eigenvalue weighted by Crippen LogP contribution is 2.38. The largest absolute Gasteiger partial charge is 0.455 e. The van der Waals surface area contributed by atoms with Crippen LogP contribution in [0.1, 0.15) is 25.0 Å². The van der Waals surface area contributed by atoms with Gasteiger partial charge in [0.05, 0.1) is 0 Å². The van der Waals surface area contributed by atoms with E-state index in [-0.39, 0.29) is 0 Å². The zero-order valence-corrected chi connectivity index (χ0v) is 10.2. The van der Waals surface area contributed by atoms with E-state index in [1.807, 2.05) is 18.3 Å². The summed E-state index contributed by atoms with van der Waals surface area (Å²) in [6, 6.07) is 6.45. The van der Waals surface area contributed by atoms with E-state index in [1.165, 1.54) is 24.8 Å². The summed E-state index contributed by atoms with van der Waals surface area (Å²) in [6.45, 7) is 1.12. The van der Waals surface area contributed by atoms with Crippen LogP contribution in [0.3, 0.4) is 0 Å². The minimum atomic E-state index is 0.485. The van der Waals surface area contributed by atoms with Crippen molar-refractivity contribution < 1.29 is 4.42 Å². The molecular formula is C15H16N2O. The molecule has 1 aliphatic heterocycles. The molecule has 0 spiro atoms. The van der Waals surface area contributed by atoms with Crippen molar-refractivity contribution in [2.45, 2.75) is 25.3 Å². The van der Waals surface area contributed by atoms with Gasteiger partial charge in [-0.2, -0.15) is 0 Å². The first kappa shape index (κ1) is 10.3. The maximum absolute atomic E-state index is 5.93. The number of aromatic nitrogens is 1. The first-order valence-corrected chi connectivity index (χ1v) is 6.70. The van der Waals surface area contributed by atoms with Gasteiger partial charge in [-0.1, -0.05) is 6.08 Å². The first-order chi connectivity index (χ1) is 8.92. The van der Waals surface area contributed by atoms with Crippen LogP contribution in [0, 0.1) is 5.92 Å². The normalized spacial score (nSPS) is 27.2. The number of pyridine rings is 1. The van der Waals surface area contributed by atoms with Gasteiger partial charge in [0.15, 0.2) is 5.58 Å². The number of nitrogens with zero attached hydrogens (tertiary/aromatic N) is 1. The van der Waals surface area contributed by atoms with Gasteiger partial charge in [0, 0.05) is 23.9 Å². The number of hydrogen-bond donors (Lipinski definition) is 1. The molecule has 18 heavy (non-hydrogen) atoms. The zero-order chi connectivity index (χ0) is 11.9. The molecule has 3 heteroatoms. The summed E-state index contributed by atoms with van der Waals surface area (Å²) in [4.78, 5) is 4.34. The molecule has 1 fully saturated rings. The van der Waals surface area contributed by atoms with Gasteiger partial charge >= 0.3 is 0 Å². The van der Waals surface area contributed by atoms with Crippen LogP contribution in [-0.2, 0) is 0 Å². The third kappa shape index (κ3) is 1.51. The summed E-state index contributed by atoms with van der Waals surface area (Å²) in [7, 11) is 0. The van der Waals surface area contributed by atoms with Crippen LogP contribution < -0.4 is 5.32 Å². The van der Waals surface area contributed by atoms with Gasteiger partial charge < -0.3 is 9.73 Å². The van der Waals surface area contributed by atoms with Crippen LogP contribution in [0.5, 0.6) is 0 Å². The topological polar surface area (TPSA) is 38.1 Å². The monoisotopic (exact) mass is 240 g/mol. The fraction of sp³-hybridized carbons (Fsp3) is 0.400. The average molecular weight is 240 g/mol. The van der Waals surface area contributed by atoms with Crippen molar-refractivity contribution in [3.05, 3.63) is 36.2 Å². The van der Waals surface area contributed by atoms with E-state index in [1.54, 1.807) is 0 Å². The lowest BCUT2D eigenvalue weighted by Gasteiger charge is -2.28. The molecule has 2 aromatic heterocycles. The molecular weight excluding hydrogens is 224 g/mol. The molecule has 0 saturated carbocycles. The number of furan rings is 1. The Bertz CT molecular complexity index is 581. The fourth-order valence-corrected chi connectivity index (χ4v) is 3.24.